The first-order chi connectivity index (χ1) is 10.1. The Balaban J connectivity index is 1.93. The van der Waals surface area contributed by atoms with Crippen molar-refractivity contribution in [1.82, 2.24) is 9.78 Å². The molecule has 1 atom stereocenters. The van der Waals surface area contributed by atoms with Gasteiger partial charge in [-0.15, -0.1) is 0 Å². The second-order valence-electron chi connectivity index (χ2n) is 6.26. The van der Waals surface area contributed by atoms with Crippen LogP contribution in [0.4, 0.5) is 5.69 Å². The molecule has 0 aromatic carbocycles. The van der Waals surface area contributed by atoms with E-state index >= 15 is 0 Å². The van der Waals surface area contributed by atoms with E-state index in [-0.39, 0.29) is 11.6 Å². The molecule has 1 aromatic heterocycles. The summed E-state index contributed by atoms with van der Waals surface area (Å²) in [4.78, 5) is 14.4. The number of hydrogen-bond acceptors (Lipinski definition) is 4. The molecule has 1 unspecified atom stereocenters. The third-order valence-electron chi connectivity index (χ3n) is 4.47. The number of rotatable bonds is 6. The zero-order valence-electron chi connectivity index (χ0n) is 13.3. The van der Waals surface area contributed by atoms with Crippen molar-refractivity contribution in [2.24, 2.45) is 11.7 Å². The Hall–Kier alpha value is -1.36. The van der Waals surface area contributed by atoms with Gasteiger partial charge in [0, 0.05) is 31.7 Å². The van der Waals surface area contributed by atoms with Gasteiger partial charge in [0.05, 0.1) is 11.9 Å². The van der Waals surface area contributed by atoms with Gasteiger partial charge in [-0.1, -0.05) is 13.8 Å². The first kappa shape index (κ1) is 16.0. The largest absolute Gasteiger partial charge is 0.370 e. The van der Waals surface area contributed by atoms with Gasteiger partial charge < -0.3 is 10.6 Å². The predicted octanol–water partition coefficient (Wildman–Crippen LogP) is 2.00. The molecule has 118 valence electrons. The molecule has 5 heteroatoms. The van der Waals surface area contributed by atoms with Gasteiger partial charge >= 0.3 is 0 Å². The maximum absolute atomic E-state index is 12.1. The topological polar surface area (TPSA) is 64.2 Å². The highest BCUT2D eigenvalue weighted by atomic mass is 16.1. The van der Waals surface area contributed by atoms with Crippen LogP contribution in [0.15, 0.2) is 17.1 Å². The van der Waals surface area contributed by atoms with Gasteiger partial charge in [0.2, 0.25) is 0 Å². The molecular formula is C16H28N4O. The van der Waals surface area contributed by atoms with Crippen LogP contribution in [-0.4, -0.2) is 28.9 Å². The molecule has 1 aliphatic rings. The van der Waals surface area contributed by atoms with Gasteiger partial charge in [-0.2, -0.15) is 5.10 Å². The minimum atomic E-state index is -0.00353. The quantitative estimate of drug-likeness (QED) is 0.871. The Bertz CT molecular complexity index is 491. The summed E-state index contributed by atoms with van der Waals surface area (Å²) in [7, 11) is 0. The summed E-state index contributed by atoms with van der Waals surface area (Å²) >= 11 is 0. The maximum atomic E-state index is 12.1. The summed E-state index contributed by atoms with van der Waals surface area (Å²) < 4.78 is 1.55. The lowest BCUT2D eigenvalue weighted by Gasteiger charge is -2.31. The molecule has 0 saturated carbocycles. The monoisotopic (exact) mass is 292 g/mol. The molecule has 0 radical (unpaired) electrons. The van der Waals surface area contributed by atoms with Crippen molar-refractivity contribution < 1.29 is 0 Å². The van der Waals surface area contributed by atoms with Crippen LogP contribution >= 0.6 is 0 Å². The molecule has 2 N–H and O–H groups in total. The highest BCUT2D eigenvalue weighted by Gasteiger charge is 2.16. The predicted molar refractivity (Wildman–Crippen MR) is 86.6 cm³/mol. The van der Waals surface area contributed by atoms with Crippen LogP contribution < -0.4 is 16.2 Å². The molecule has 1 aromatic rings. The molecule has 2 heterocycles. The van der Waals surface area contributed by atoms with Crippen LogP contribution in [-0.2, 0) is 6.54 Å². The van der Waals surface area contributed by atoms with Crippen LogP contribution in [0.2, 0.25) is 0 Å². The van der Waals surface area contributed by atoms with Crippen molar-refractivity contribution in [2.75, 3.05) is 18.0 Å². The lowest BCUT2D eigenvalue weighted by atomic mass is 9.99. The molecule has 1 saturated heterocycles. The highest BCUT2D eigenvalue weighted by Crippen LogP contribution is 2.20. The summed E-state index contributed by atoms with van der Waals surface area (Å²) in [5.74, 6) is 0.789. The number of anilines is 1. The van der Waals surface area contributed by atoms with E-state index in [0.717, 1.165) is 44.0 Å². The van der Waals surface area contributed by atoms with E-state index in [1.165, 1.54) is 12.8 Å². The molecule has 0 amide bonds. The fourth-order valence-electron chi connectivity index (χ4n) is 2.74. The van der Waals surface area contributed by atoms with Crippen molar-refractivity contribution in [3.8, 4) is 0 Å². The smallest absolute Gasteiger partial charge is 0.268 e. The standard InChI is InChI=1S/C16H28N4O/c1-3-14(17)5-4-8-20-16(21)11-15(12-18-20)19-9-6-13(2)7-10-19/h11-14H,3-10,17H2,1-2H3. The first-order valence-electron chi connectivity index (χ1n) is 8.18. The third-order valence-corrected chi connectivity index (χ3v) is 4.47. The Labute approximate surface area is 127 Å². The van der Waals surface area contributed by atoms with Crippen molar-refractivity contribution in [1.29, 1.82) is 0 Å². The van der Waals surface area contributed by atoms with Gasteiger partial charge in [0.1, 0.15) is 0 Å². The van der Waals surface area contributed by atoms with Gasteiger partial charge in [-0.05, 0) is 38.0 Å². The van der Waals surface area contributed by atoms with E-state index in [1.54, 1.807) is 10.7 Å². The van der Waals surface area contributed by atoms with Crippen molar-refractivity contribution in [2.45, 2.75) is 58.5 Å². The van der Waals surface area contributed by atoms with Crippen LogP contribution in [0.5, 0.6) is 0 Å². The maximum Gasteiger partial charge on any atom is 0.268 e. The van der Waals surface area contributed by atoms with E-state index in [1.807, 2.05) is 6.20 Å². The van der Waals surface area contributed by atoms with Crippen molar-refractivity contribution >= 4 is 5.69 Å². The molecule has 1 fully saturated rings. The van der Waals surface area contributed by atoms with Crippen LogP contribution in [0.3, 0.4) is 0 Å². The molecular weight excluding hydrogens is 264 g/mol. The first-order valence-corrected chi connectivity index (χ1v) is 8.18. The number of aryl methyl sites for hydroxylation is 1. The minimum absolute atomic E-state index is 0.00353. The lowest BCUT2D eigenvalue weighted by Crippen LogP contribution is -2.34. The summed E-state index contributed by atoms with van der Waals surface area (Å²) in [6.07, 6.45) is 7.04. The van der Waals surface area contributed by atoms with Crippen molar-refractivity contribution in [3.05, 3.63) is 22.6 Å². The molecule has 5 nitrogen and oxygen atoms in total. The third kappa shape index (κ3) is 4.56. The van der Waals surface area contributed by atoms with E-state index in [4.69, 9.17) is 5.73 Å². The van der Waals surface area contributed by atoms with Gasteiger partial charge in [-0.3, -0.25) is 4.79 Å². The number of hydrogen-bond donors (Lipinski definition) is 1. The molecule has 2 rings (SSSR count). The normalized spacial score (nSPS) is 18.0. The minimum Gasteiger partial charge on any atom is -0.370 e. The van der Waals surface area contributed by atoms with E-state index in [0.29, 0.717) is 6.54 Å². The molecule has 1 aliphatic heterocycles. The fourth-order valence-corrected chi connectivity index (χ4v) is 2.74. The average molecular weight is 292 g/mol. The number of nitrogens with two attached hydrogens (primary N) is 1. The Morgan fingerprint density at radius 1 is 1.43 bits per heavy atom. The van der Waals surface area contributed by atoms with Gasteiger partial charge in [0.25, 0.3) is 5.56 Å². The summed E-state index contributed by atoms with van der Waals surface area (Å²) in [6, 6.07) is 1.96. The fraction of sp³-hybridized carbons (Fsp3) is 0.750. The molecule has 0 bridgehead atoms. The zero-order chi connectivity index (χ0) is 15.2. The molecule has 0 spiro atoms. The summed E-state index contributed by atoms with van der Waals surface area (Å²) in [5.41, 5.74) is 6.86. The van der Waals surface area contributed by atoms with Crippen molar-refractivity contribution in [3.63, 3.8) is 0 Å². The number of nitrogens with zero attached hydrogens (tertiary/aromatic N) is 3. The summed E-state index contributed by atoms with van der Waals surface area (Å²) in [6.45, 7) is 7.08. The van der Waals surface area contributed by atoms with Crippen LogP contribution in [0.25, 0.3) is 0 Å². The van der Waals surface area contributed by atoms with Gasteiger partial charge in [-0.25, -0.2) is 4.68 Å². The number of aromatic nitrogens is 2. The summed E-state index contributed by atoms with van der Waals surface area (Å²) in [5, 5.41) is 4.32. The van der Waals surface area contributed by atoms with E-state index in [9.17, 15) is 4.79 Å². The van der Waals surface area contributed by atoms with Crippen LogP contribution in [0, 0.1) is 5.92 Å². The SMILES string of the molecule is CCC(N)CCCn1ncc(N2CCC(C)CC2)cc1=O. The highest BCUT2D eigenvalue weighted by molar-refractivity contribution is 5.43. The van der Waals surface area contributed by atoms with E-state index < -0.39 is 0 Å². The van der Waals surface area contributed by atoms with Crippen LogP contribution in [0.1, 0.15) is 46.0 Å². The molecule has 21 heavy (non-hydrogen) atoms. The zero-order valence-corrected chi connectivity index (χ0v) is 13.3. The average Bonchev–Trinajstić information content (AvgIpc) is 2.49. The number of piperidine rings is 1. The lowest BCUT2D eigenvalue weighted by molar-refractivity contribution is 0.436. The second kappa shape index (κ2) is 7.59. The van der Waals surface area contributed by atoms with E-state index in [2.05, 4.69) is 23.8 Å². The van der Waals surface area contributed by atoms with Gasteiger partial charge in [0.15, 0.2) is 0 Å². The molecule has 0 aliphatic carbocycles. The Morgan fingerprint density at radius 2 is 2.14 bits per heavy atom. The Kier molecular flexibility index (Phi) is 5.79. The Morgan fingerprint density at radius 3 is 2.76 bits per heavy atom. The second-order valence-corrected chi connectivity index (χ2v) is 6.26.